The topological polar surface area (TPSA) is 101 Å². The number of non-ortho nitro benzene ring substituents is 1. The van der Waals surface area contributed by atoms with Crippen LogP contribution in [0.3, 0.4) is 0 Å². The zero-order chi connectivity index (χ0) is 18.9. The van der Waals surface area contributed by atoms with E-state index in [2.05, 4.69) is 16.7 Å². The zero-order valence-corrected chi connectivity index (χ0v) is 14.8. The van der Waals surface area contributed by atoms with Crippen LogP contribution in [0.5, 0.6) is 0 Å². The first-order chi connectivity index (χ1) is 12.5. The average Bonchev–Trinajstić information content (AvgIpc) is 2.62. The van der Waals surface area contributed by atoms with Gasteiger partial charge in [0.05, 0.1) is 4.92 Å². The third kappa shape index (κ3) is 6.16. The summed E-state index contributed by atoms with van der Waals surface area (Å²) in [6.07, 6.45) is 9.01. The van der Waals surface area contributed by atoms with Gasteiger partial charge in [-0.1, -0.05) is 23.8 Å². The van der Waals surface area contributed by atoms with Gasteiger partial charge in [0, 0.05) is 25.6 Å². The van der Waals surface area contributed by atoms with Gasteiger partial charge in [0.25, 0.3) is 11.6 Å². The molecule has 0 atom stereocenters. The summed E-state index contributed by atoms with van der Waals surface area (Å²) < 4.78 is 0. The second kappa shape index (κ2) is 9.50. The SMILES string of the molecule is CC(=O)N/C(=C\c1cccc([N+](=O)[O-])c1)C(=O)NCCC1=CCCCC1. The van der Waals surface area contributed by atoms with Crippen LogP contribution in [0, 0.1) is 10.1 Å². The molecular formula is C19H23N3O4. The highest BCUT2D eigenvalue weighted by atomic mass is 16.6. The number of hydrogen-bond acceptors (Lipinski definition) is 4. The van der Waals surface area contributed by atoms with E-state index in [1.54, 1.807) is 6.07 Å². The highest BCUT2D eigenvalue weighted by molar-refractivity contribution is 6.00. The molecule has 0 fully saturated rings. The van der Waals surface area contributed by atoms with Crippen molar-refractivity contribution < 1.29 is 14.5 Å². The number of amides is 2. The van der Waals surface area contributed by atoms with Crippen molar-refractivity contribution in [3.63, 3.8) is 0 Å². The van der Waals surface area contributed by atoms with Crippen LogP contribution in [0.4, 0.5) is 5.69 Å². The summed E-state index contributed by atoms with van der Waals surface area (Å²) in [6, 6.07) is 5.88. The van der Waals surface area contributed by atoms with Gasteiger partial charge in [-0.15, -0.1) is 0 Å². The first-order valence-corrected chi connectivity index (χ1v) is 8.65. The molecule has 0 unspecified atom stereocenters. The normalized spacial score (nSPS) is 14.3. The van der Waals surface area contributed by atoms with E-state index in [4.69, 9.17) is 0 Å². The molecule has 0 aromatic heterocycles. The van der Waals surface area contributed by atoms with Crippen LogP contribution in [0.15, 0.2) is 41.6 Å². The van der Waals surface area contributed by atoms with Gasteiger partial charge in [0.2, 0.25) is 5.91 Å². The summed E-state index contributed by atoms with van der Waals surface area (Å²) in [5.74, 6) is -0.796. The van der Waals surface area contributed by atoms with Gasteiger partial charge in [-0.3, -0.25) is 19.7 Å². The summed E-state index contributed by atoms with van der Waals surface area (Å²) in [7, 11) is 0. The Morgan fingerprint density at radius 2 is 2.12 bits per heavy atom. The van der Waals surface area contributed by atoms with Crippen molar-refractivity contribution in [3.05, 3.63) is 57.3 Å². The molecule has 2 N–H and O–H groups in total. The number of rotatable bonds is 7. The van der Waals surface area contributed by atoms with Crippen LogP contribution in [-0.4, -0.2) is 23.3 Å². The third-order valence-electron chi connectivity index (χ3n) is 4.06. The maximum absolute atomic E-state index is 12.4. The van der Waals surface area contributed by atoms with Gasteiger partial charge >= 0.3 is 0 Å². The van der Waals surface area contributed by atoms with E-state index in [1.165, 1.54) is 49.6 Å². The molecular weight excluding hydrogens is 334 g/mol. The molecule has 0 spiro atoms. The minimum Gasteiger partial charge on any atom is -0.350 e. The van der Waals surface area contributed by atoms with Gasteiger partial charge in [-0.25, -0.2) is 0 Å². The standard InChI is InChI=1S/C19H23N3O4/c1-14(23)21-18(13-16-8-5-9-17(12-16)22(25)26)19(24)20-11-10-15-6-3-2-4-7-15/h5-6,8-9,12-13H,2-4,7,10-11H2,1H3,(H,20,24)(H,21,23)/b18-13-. The van der Waals surface area contributed by atoms with Crippen molar-refractivity contribution >= 4 is 23.6 Å². The summed E-state index contributed by atoms with van der Waals surface area (Å²) in [6.45, 7) is 1.79. The number of carbonyl (C=O) groups is 2. The summed E-state index contributed by atoms with van der Waals surface area (Å²) in [5, 5.41) is 16.2. The minimum atomic E-state index is -0.507. The predicted octanol–water partition coefficient (Wildman–Crippen LogP) is 3.08. The smallest absolute Gasteiger partial charge is 0.270 e. The van der Waals surface area contributed by atoms with E-state index in [1.807, 2.05) is 0 Å². The Morgan fingerprint density at radius 3 is 2.77 bits per heavy atom. The van der Waals surface area contributed by atoms with Gasteiger partial charge in [0.15, 0.2) is 0 Å². The molecule has 1 aliphatic carbocycles. The zero-order valence-electron chi connectivity index (χ0n) is 14.8. The lowest BCUT2D eigenvalue weighted by molar-refractivity contribution is -0.384. The van der Waals surface area contributed by atoms with Crippen LogP contribution < -0.4 is 10.6 Å². The van der Waals surface area contributed by atoms with Gasteiger partial charge < -0.3 is 10.6 Å². The number of hydrogen-bond donors (Lipinski definition) is 2. The number of nitro groups is 1. The van der Waals surface area contributed by atoms with Crippen molar-refractivity contribution in [1.29, 1.82) is 0 Å². The molecule has 0 radical (unpaired) electrons. The second-order valence-corrected chi connectivity index (χ2v) is 6.21. The molecule has 0 heterocycles. The molecule has 1 aromatic rings. The average molecular weight is 357 g/mol. The number of benzene rings is 1. The molecule has 2 amide bonds. The lowest BCUT2D eigenvalue weighted by Crippen LogP contribution is -2.34. The Morgan fingerprint density at radius 1 is 1.31 bits per heavy atom. The van der Waals surface area contributed by atoms with Gasteiger partial charge in [0.1, 0.15) is 5.70 Å². The fraction of sp³-hybridized carbons (Fsp3) is 0.368. The van der Waals surface area contributed by atoms with E-state index >= 15 is 0 Å². The monoisotopic (exact) mass is 357 g/mol. The van der Waals surface area contributed by atoms with Crippen molar-refractivity contribution in [1.82, 2.24) is 10.6 Å². The highest BCUT2D eigenvalue weighted by Gasteiger charge is 2.13. The first kappa shape index (κ1) is 19.4. The Bertz CT molecular complexity index is 753. The third-order valence-corrected chi connectivity index (χ3v) is 4.06. The number of allylic oxidation sites excluding steroid dienone is 1. The van der Waals surface area contributed by atoms with Crippen molar-refractivity contribution in [2.75, 3.05) is 6.54 Å². The lowest BCUT2D eigenvalue weighted by Gasteiger charge is -2.14. The quantitative estimate of drug-likeness (QED) is 0.339. The molecule has 1 aliphatic rings. The number of nitrogens with one attached hydrogen (secondary N) is 2. The molecule has 0 bridgehead atoms. The molecule has 7 nitrogen and oxygen atoms in total. The molecule has 2 rings (SSSR count). The Labute approximate surface area is 152 Å². The molecule has 138 valence electrons. The maximum atomic E-state index is 12.4. The molecule has 26 heavy (non-hydrogen) atoms. The molecule has 0 saturated carbocycles. The first-order valence-electron chi connectivity index (χ1n) is 8.65. The van der Waals surface area contributed by atoms with Crippen molar-refractivity contribution in [2.24, 2.45) is 0 Å². The van der Waals surface area contributed by atoms with Crippen LogP contribution in [0.1, 0.15) is 44.6 Å². The van der Waals surface area contributed by atoms with Crippen LogP contribution in [-0.2, 0) is 9.59 Å². The molecule has 7 heteroatoms. The fourth-order valence-corrected chi connectivity index (χ4v) is 2.81. The maximum Gasteiger partial charge on any atom is 0.270 e. The number of carbonyl (C=O) groups excluding carboxylic acids is 2. The lowest BCUT2D eigenvalue weighted by atomic mass is 9.97. The van der Waals surface area contributed by atoms with E-state index in [0.29, 0.717) is 12.1 Å². The van der Waals surface area contributed by atoms with Crippen LogP contribution in [0.25, 0.3) is 6.08 Å². The van der Waals surface area contributed by atoms with E-state index < -0.39 is 10.8 Å². The summed E-state index contributed by atoms with van der Waals surface area (Å²) in [4.78, 5) is 34.2. The second-order valence-electron chi connectivity index (χ2n) is 6.21. The predicted molar refractivity (Wildman–Crippen MR) is 99.1 cm³/mol. The summed E-state index contributed by atoms with van der Waals surface area (Å²) >= 11 is 0. The van der Waals surface area contributed by atoms with E-state index in [9.17, 15) is 19.7 Å². The Hall–Kier alpha value is -2.96. The van der Waals surface area contributed by atoms with E-state index in [0.717, 1.165) is 19.3 Å². The van der Waals surface area contributed by atoms with Crippen molar-refractivity contribution in [3.8, 4) is 0 Å². The van der Waals surface area contributed by atoms with Crippen LogP contribution in [0.2, 0.25) is 0 Å². The van der Waals surface area contributed by atoms with Gasteiger partial charge in [-0.05, 0) is 43.7 Å². The largest absolute Gasteiger partial charge is 0.350 e. The van der Waals surface area contributed by atoms with E-state index in [-0.39, 0.29) is 17.3 Å². The summed E-state index contributed by atoms with van der Waals surface area (Å²) in [5.41, 5.74) is 1.80. The minimum absolute atomic E-state index is 0.0654. The van der Waals surface area contributed by atoms with Crippen molar-refractivity contribution in [2.45, 2.75) is 39.0 Å². The Balaban J connectivity index is 2.06. The molecule has 0 saturated heterocycles. The van der Waals surface area contributed by atoms with Crippen LogP contribution >= 0.6 is 0 Å². The highest BCUT2D eigenvalue weighted by Crippen LogP contribution is 2.19. The van der Waals surface area contributed by atoms with Gasteiger partial charge in [-0.2, -0.15) is 0 Å². The number of nitrogens with zero attached hydrogens (tertiary/aromatic N) is 1. The number of nitro benzene ring substituents is 1. The Kier molecular flexibility index (Phi) is 7.08. The molecule has 0 aliphatic heterocycles. The molecule has 1 aromatic carbocycles. The fourth-order valence-electron chi connectivity index (χ4n) is 2.81.